The van der Waals surface area contributed by atoms with Crippen LogP contribution in [0.3, 0.4) is 0 Å². The molecule has 0 bridgehead atoms. The van der Waals surface area contributed by atoms with E-state index in [9.17, 15) is 9.59 Å². The smallest absolute Gasteiger partial charge is 0.306 e. The van der Waals surface area contributed by atoms with Gasteiger partial charge in [-0.1, -0.05) is 18.5 Å². The van der Waals surface area contributed by atoms with E-state index in [2.05, 4.69) is 0 Å². The van der Waals surface area contributed by atoms with Gasteiger partial charge >= 0.3 is 5.97 Å². The number of benzene rings is 1. The molecule has 120 valence electrons. The van der Waals surface area contributed by atoms with Crippen LogP contribution in [0.1, 0.15) is 30.6 Å². The second-order valence-electron chi connectivity index (χ2n) is 5.54. The highest BCUT2D eigenvalue weighted by molar-refractivity contribution is 6.30. The van der Waals surface area contributed by atoms with Crippen LogP contribution in [-0.4, -0.2) is 41.6 Å². The first-order chi connectivity index (χ1) is 10.4. The highest BCUT2D eigenvalue weighted by atomic mass is 35.5. The highest BCUT2D eigenvalue weighted by Gasteiger charge is 2.33. The number of amides is 1. The maximum atomic E-state index is 12.7. The average molecular weight is 326 g/mol. The summed E-state index contributed by atoms with van der Waals surface area (Å²) in [5.74, 6) is -0.927. The van der Waals surface area contributed by atoms with Crippen LogP contribution in [0.2, 0.25) is 5.02 Å². The van der Waals surface area contributed by atoms with Gasteiger partial charge in [0.05, 0.1) is 18.1 Å². The lowest BCUT2D eigenvalue weighted by atomic mass is 9.87. The Hall–Kier alpha value is -1.75. The quantitative estimate of drug-likeness (QED) is 0.924. The molecular weight excluding hydrogens is 306 g/mol. The Balaban J connectivity index is 2.17. The first-order valence-electron chi connectivity index (χ1n) is 7.38. The third-order valence-corrected chi connectivity index (χ3v) is 4.22. The van der Waals surface area contributed by atoms with E-state index in [1.165, 1.54) is 0 Å². The number of aliphatic carboxylic acids is 1. The first-order valence-corrected chi connectivity index (χ1v) is 7.76. The standard InChI is InChI=1S/C16H20ClNO4/c1-3-22-14-8-11(17)4-5-13(14)15(19)18-7-6-12(16(20)21)10(2)9-18/h4-5,8,10,12H,3,6-7,9H2,1-2H3,(H,20,21). The van der Waals surface area contributed by atoms with E-state index in [4.69, 9.17) is 21.4 Å². The molecule has 1 aliphatic heterocycles. The van der Waals surface area contributed by atoms with Crippen molar-refractivity contribution in [3.8, 4) is 5.75 Å². The third kappa shape index (κ3) is 3.53. The van der Waals surface area contributed by atoms with Crippen molar-refractivity contribution < 1.29 is 19.4 Å². The SMILES string of the molecule is CCOc1cc(Cl)ccc1C(=O)N1CCC(C(=O)O)C(C)C1. The van der Waals surface area contributed by atoms with Crippen LogP contribution in [0.15, 0.2) is 18.2 Å². The lowest BCUT2D eigenvalue weighted by Crippen LogP contribution is -2.45. The molecule has 2 atom stereocenters. The minimum Gasteiger partial charge on any atom is -0.493 e. The van der Waals surface area contributed by atoms with Gasteiger partial charge in [-0.05, 0) is 37.5 Å². The van der Waals surface area contributed by atoms with Gasteiger partial charge in [-0.3, -0.25) is 9.59 Å². The van der Waals surface area contributed by atoms with Gasteiger partial charge < -0.3 is 14.7 Å². The molecule has 0 aliphatic carbocycles. The minimum atomic E-state index is -0.791. The van der Waals surface area contributed by atoms with E-state index in [0.29, 0.717) is 42.5 Å². The Bertz CT molecular complexity index is 575. The van der Waals surface area contributed by atoms with Gasteiger partial charge in [-0.15, -0.1) is 0 Å². The van der Waals surface area contributed by atoms with Gasteiger partial charge in [0.1, 0.15) is 5.75 Å². The fourth-order valence-electron chi connectivity index (χ4n) is 2.82. The number of halogens is 1. The Morgan fingerprint density at radius 2 is 2.18 bits per heavy atom. The van der Waals surface area contributed by atoms with Crippen molar-refractivity contribution in [2.75, 3.05) is 19.7 Å². The summed E-state index contributed by atoms with van der Waals surface area (Å²) in [6, 6.07) is 4.94. The van der Waals surface area contributed by atoms with Crippen molar-refractivity contribution in [2.45, 2.75) is 20.3 Å². The largest absolute Gasteiger partial charge is 0.493 e. The molecule has 1 saturated heterocycles. The van der Waals surface area contributed by atoms with Crippen molar-refractivity contribution in [3.05, 3.63) is 28.8 Å². The molecule has 22 heavy (non-hydrogen) atoms. The maximum Gasteiger partial charge on any atom is 0.306 e. The van der Waals surface area contributed by atoms with Crippen molar-refractivity contribution in [3.63, 3.8) is 0 Å². The maximum absolute atomic E-state index is 12.7. The molecule has 0 aromatic heterocycles. The Morgan fingerprint density at radius 1 is 1.45 bits per heavy atom. The molecule has 6 heteroatoms. The van der Waals surface area contributed by atoms with Crippen LogP contribution < -0.4 is 4.74 Å². The highest BCUT2D eigenvalue weighted by Crippen LogP contribution is 2.28. The van der Waals surface area contributed by atoms with Crippen molar-refractivity contribution >= 4 is 23.5 Å². The van der Waals surface area contributed by atoms with Crippen LogP contribution in [-0.2, 0) is 4.79 Å². The molecular formula is C16H20ClNO4. The summed E-state index contributed by atoms with van der Waals surface area (Å²) in [5.41, 5.74) is 0.465. The molecule has 2 rings (SSSR count). The lowest BCUT2D eigenvalue weighted by Gasteiger charge is -2.35. The molecule has 1 aliphatic rings. The van der Waals surface area contributed by atoms with Gasteiger partial charge in [-0.2, -0.15) is 0 Å². The number of hydrogen-bond donors (Lipinski definition) is 1. The number of ether oxygens (including phenoxy) is 1. The number of carbonyl (C=O) groups is 2. The Kier molecular flexibility index (Phi) is 5.29. The third-order valence-electron chi connectivity index (χ3n) is 3.98. The fourth-order valence-corrected chi connectivity index (χ4v) is 2.98. The number of rotatable bonds is 4. The van der Waals surface area contributed by atoms with Crippen LogP contribution in [0, 0.1) is 11.8 Å². The zero-order chi connectivity index (χ0) is 16.3. The lowest BCUT2D eigenvalue weighted by molar-refractivity contribution is -0.145. The molecule has 5 nitrogen and oxygen atoms in total. The Morgan fingerprint density at radius 3 is 2.77 bits per heavy atom. The number of nitrogens with zero attached hydrogens (tertiary/aromatic N) is 1. The van der Waals surface area contributed by atoms with E-state index in [-0.39, 0.29) is 17.7 Å². The summed E-state index contributed by atoms with van der Waals surface area (Å²) in [4.78, 5) is 25.5. The predicted octanol–water partition coefficient (Wildman–Crippen LogP) is 2.92. The fraction of sp³-hybridized carbons (Fsp3) is 0.500. The van der Waals surface area contributed by atoms with Gasteiger partial charge in [0.2, 0.25) is 0 Å². The van der Waals surface area contributed by atoms with Gasteiger partial charge in [0.25, 0.3) is 5.91 Å². The molecule has 1 amide bonds. The molecule has 0 radical (unpaired) electrons. The number of hydrogen-bond acceptors (Lipinski definition) is 3. The average Bonchev–Trinajstić information content (AvgIpc) is 2.46. The van der Waals surface area contributed by atoms with E-state index in [0.717, 1.165) is 0 Å². The number of carboxylic acids is 1. The van der Waals surface area contributed by atoms with Crippen molar-refractivity contribution in [2.24, 2.45) is 11.8 Å². The number of piperidine rings is 1. The topological polar surface area (TPSA) is 66.8 Å². The number of carbonyl (C=O) groups excluding carboxylic acids is 1. The number of likely N-dealkylation sites (tertiary alicyclic amines) is 1. The van der Waals surface area contributed by atoms with E-state index in [1.807, 2.05) is 13.8 Å². The number of carboxylic acid groups (broad SMARTS) is 1. The minimum absolute atomic E-state index is 0.0713. The molecule has 0 saturated carbocycles. The summed E-state index contributed by atoms with van der Waals surface area (Å²) in [5, 5.41) is 9.67. The van der Waals surface area contributed by atoms with Crippen LogP contribution in [0.25, 0.3) is 0 Å². The van der Waals surface area contributed by atoms with E-state index in [1.54, 1.807) is 23.1 Å². The van der Waals surface area contributed by atoms with Crippen molar-refractivity contribution in [1.29, 1.82) is 0 Å². The van der Waals surface area contributed by atoms with Gasteiger partial charge in [0, 0.05) is 18.1 Å². The summed E-state index contributed by atoms with van der Waals surface area (Å²) in [7, 11) is 0. The molecule has 1 aromatic carbocycles. The predicted molar refractivity (Wildman–Crippen MR) is 83.4 cm³/mol. The van der Waals surface area contributed by atoms with Gasteiger partial charge in [-0.25, -0.2) is 0 Å². The van der Waals surface area contributed by atoms with Crippen LogP contribution in [0.5, 0.6) is 5.75 Å². The second kappa shape index (κ2) is 7.01. The molecule has 1 fully saturated rings. The summed E-state index contributed by atoms with van der Waals surface area (Å²) in [6.07, 6.45) is 0.472. The monoisotopic (exact) mass is 325 g/mol. The normalized spacial score (nSPS) is 21.5. The molecule has 1 N–H and O–H groups in total. The van der Waals surface area contributed by atoms with Crippen molar-refractivity contribution in [1.82, 2.24) is 4.90 Å². The van der Waals surface area contributed by atoms with E-state index >= 15 is 0 Å². The molecule has 2 unspecified atom stereocenters. The van der Waals surface area contributed by atoms with Crippen LogP contribution in [0.4, 0.5) is 0 Å². The first kappa shape index (κ1) is 16.6. The van der Waals surface area contributed by atoms with Crippen LogP contribution >= 0.6 is 11.6 Å². The van der Waals surface area contributed by atoms with E-state index < -0.39 is 5.97 Å². The second-order valence-corrected chi connectivity index (χ2v) is 5.97. The van der Waals surface area contributed by atoms with Gasteiger partial charge in [0.15, 0.2) is 0 Å². The molecule has 0 spiro atoms. The summed E-state index contributed by atoms with van der Waals surface area (Å²) in [6.45, 7) is 5.02. The zero-order valence-electron chi connectivity index (χ0n) is 12.7. The summed E-state index contributed by atoms with van der Waals surface area (Å²) < 4.78 is 5.49. The molecule has 1 heterocycles. The zero-order valence-corrected chi connectivity index (χ0v) is 13.5. The molecule has 1 aromatic rings. The summed E-state index contributed by atoms with van der Waals surface area (Å²) >= 11 is 5.95. The Labute approximate surface area is 134 Å².